The van der Waals surface area contributed by atoms with E-state index in [0.717, 1.165) is 37.9 Å². The van der Waals surface area contributed by atoms with Crippen molar-refractivity contribution >= 4 is 11.6 Å². The number of nitrogens with one attached hydrogen (secondary N) is 2. The topological polar surface area (TPSA) is 78.1 Å². The summed E-state index contributed by atoms with van der Waals surface area (Å²) < 4.78 is 0. The molecule has 3 rings (SSSR count). The first-order chi connectivity index (χ1) is 9.22. The molecular formula is C13H18N4O2. The number of nitrogens with zero attached hydrogens (tertiary/aromatic N) is 2. The minimum atomic E-state index is -0.206. The van der Waals surface area contributed by atoms with Gasteiger partial charge in [0.25, 0.3) is 5.56 Å². The second kappa shape index (κ2) is 5.03. The van der Waals surface area contributed by atoms with Gasteiger partial charge < -0.3 is 10.2 Å². The number of carbonyl (C=O) groups excluding carboxylic acids is 1. The number of carbonyl (C=O) groups is 1. The molecule has 1 aliphatic heterocycles. The smallest absolute Gasteiger partial charge is 0.266 e. The molecule has 2 N–H and O–H groups in total. The first-order valence-electron chi connectivity index (χ1n) is 6.82. The third-order valence-corrected chi connectivity index (χ3v) is 3.73. The van der Waals surface area contributed by atoms with Gasteiger partial charge in [0.15, 0.2) is 0 Å². The molecule has 0 spiro atoms. The van der Waals surface area contributed by atoms with Crippen molar-refractivity contribution in [2.24, 2.45) is 5.92 Å². The summed E-state index contributed by atoms with van der Waals surface area (Å²) in [6.07, 6.45) is 5.75. The van der Waals surface area contributed by atoms with Crippen LogP contribution in [0.5, 0.6) is 0 Å². The molecule has 1 aliphatic carbocycles. The van der Waals surface area contributed by atoms with E-state index in [0.29, 0.717) is 12.6 Å². The van der Waals surface area contributed by atoms with Gasteiger partial charge in [0.2, 0.25) is 5.91 Å². The van der Waals surface area contributed by atoms with Crippen LogP contribution < -0.4 is 15.8 Å². The fraction of sp³-hybridized carbons (Fsp3) is 0.615. The zero-order valence-corrected chi connectivity index (χ0v) is 10.8. The van der Waals surface area contributed by atoms with Gasteiger partial charge in [0.1, 0.15) is 0 Å². The molecule has 102 valence electrons. The van der Waals surface area contributed by atoms with Crippen LogP contribution in [-0.4, -0.2) is 35.2 Å². The summed E-state index contributed by atoms with van der Waals surface area (Å²) in [5.74, 6) is 0.179. The SMILES string of the molecule is O=C(NC1CC1)C1CCCN(c2cn[nH]c(=O)c2)C1. The van der Waals surface area contributed by atoms with E-state index in [4.69, 9.17) is 0 Å². The standard InChI is InChI=1S/C13H18N4O2/c18-12-6-11(7-14-16-12)17-5-1-2-9(8-17)13(19)15-10-3-4-10/h6-7,9-10H,1-5,8H2,(H,15,19)(H,16,18). The lowest BCUT2D eigenvalue weighted by Gasteiger charge is -2.33. The summed E-state index contributed by atoms with van der Waals surface area (Å²) in [6, 6.07) is 1.94. The van der Waals surface area contributed by atoms with E-state index < -0.39 is 0 Å². The quantitative estimate of drug-likeness (QED) is 0.819. The number of H-pyrrole nitrogens is 1. The van der Waals surface area contributed by atoms with Crippen LogP contribution in [0.15, 0.2) is 17.1 Å². The van der Waals surface area contributed by atoms with Crippen molar-refractivity contribution in [2.45, 2.75) is 31.7 Å². The molecular weight excluding hydrogens is 244 g/mol. The van der Waals surface area contributed by atoms with Crippen LogP contribution in [-0.2, 0) is 4.79 Å². The first kappa shape index (κ1) is 12.2. The van der Waals surface area contributed by atoms with Crippen LogP contribution >= 0.6 is 0 Å². The lowest BCUT2D eigenvalue weighted by molar-refractivity contribution is -0.125. The first-order valence-corrected chi connectivity index (χ1v) is 6.82. The minimum Gasteiger partial charge on any atom is -0.369 e. The Hall–Kier alpha value is -1.85. The predicted molar refractivity (Wildman–Crippen MR) is 71.0 cm³/mol. The number of anilines is 1. The zero-order chi connectivity index (χ0) is 13.2. The van der Waals surface area contributed by atoms with Gasteiger partial charge in [0.05, 0.1) is 17.8 Å². The van der Waals surface area contributed by atoms with Gasteiger partial charge in [-0.15, -0.1) is 0 Å². The molecule has 0 radical (unpaired) electrons. The molecule has 0 bridgehead atoms. The molecule has 1 saturated heterocycles. The molecule has 6 nitrogen and oxygen atoms in total. The summed E-state index contributed by atoms with van der Waals surface area (Å²) in [5, 5.41) is 9.23. The van der Waals surface area contributed by atoms with Crippen molar-refractivity contribution in [1.82, 2.24) is 15.5 Å². The van der Waals surface area contributed by atoms with Gasteiger partial charge in [-0.2, -0.15) is 5.10 Å². The Balaban J connectivity index is 1.66. The van der Waals surface area contributed by atoms with Crippen molar-refractivity contribution in [3.8, 4) is 0 Å². The highest BCUT2D eigenvalue weighted by Crippen LogP contribution is 2.24. The number of hydrogen-bond donors (Lipinski definition) is 2. The van der Waals surface area contributed by atoms with Gasteiger partial charge in [0, 0.05) is 25.2 Å². The monoisotopic (exact) mass is 262 g/mol. The largest absolute Gasteiger partial charge is 0.369 e. The van der Waals surface area contributed by atoms with E-state index in [1.165, 1.54) is 6.07 Å². The summed E-state index contributed by atoms with van der Waals surface area (Å²) in [5.41, 5.74) is 0.592. The molecule has 2 fully saturated rings. The van der Waals surface area contributed by atoms with Crippen LogP contribution in [0.25, 0.3) is 0 Å². The molecule has 2 heterocycles. The van der Waals surface area contributed by atoms with Crippen molar-refractivity contribution in [1.29, 1.82) is 0 Å². The van der Waals surface area contributed by atoms with Crippen molar-refractivity contribution in [3.05, 3.63) is 22.6 Å². The molecule has 2 aliphatic rings. The average Bonchev–Trinajstić information content (AvgIpc) is 3.23. The number of aromatic nitrogens is 2. The average molecular weight is 262 g/mol. The predicted octanol–water partition coefficient (Wildman–Crippen LogP) is 0.265. The summed E-state index contributed by atoms with van der Waals surface area (Å²) in [4.78, 5) is 25.4. The molecule has 19 heavy (non-hydrogen) atoms. The Morgan fingerprint density at radius 1 is 1.42 bits per heavy atom. The van der Waals surface area contributed by atoms with Gasteiger partial charge in [-0.1, -0.05) is 0 Å². The van der Waals surface area contributed by atoms with Crippen LogP contribution in [0.1, 0.15) is 25.7 Å². The highest BCUT2D eigenvalue weighted by Gasteiger charge is 2.30. The fourth-order valence-corrected chi connectivity index (χ4v) is 2.51. The van der Waals surface area contributed by atoms with Crippen molar-refractivity contribution < 1.29 is 4.79 Å². The number of piperidine rings is 1. The normalized spacial score (nSPS) is 23.2. The van der Waals surface area contributed by atoms with Gasteiger partial charge in [-0.05, 0) is 25.7 Å². The lowest BCUT2D eigenvalue weighted by Crippen LogP contribution is -2.44. The highest BCUT2D eigenvalue weighted by molar-refractivity contribution is 5.80. The highest BCUT2D eigenvalue weighted by atomic mass is 16.2. The molecule has 1 unspecified atom stereocenters. The minimum absolute atomic E-state index is 0.0219. The summed E-state index contributed by atoms with van der Waals surface area (Å²) >= 11 is 0. The van der Waals surface area contributed by atoms with E-state index in [-0.39, 0.29) is 17.4 Å². The number of amides is 1. The Bertz CT molecular complexity index is 523. The maximum absolute atomic E-state index is 12.1. The van der Waals surface area contributed by atoms with Crippen molar-refractivity contribution in [3.63, 3.8) is 0 Å². The van der Waals surface area contributed by atoms with Crippen LogP contribution in [0.3, 0.4) is 0 Å². The van der Waals surface area contributed by atoms with Crippen LogP contribution in [0, 0.1) is 5.92 Å². The number of aromatic amines is 1. The Labute approximate surface area is 111 Å². The number of rotatable bonds is 3. The molecule has 1 amide bonds. The zero-order valence-electron chi connectivity index (χ0n) is 10.8. The third-order valence-electron chi connectivity index (χ3n) is 3.73. The van der Waals surface area contributed by atoms with Crippen molar-refractivity contribution in [2.75, 3.05) is 18.0 Å². The molecule has 0 aromatic carbocycles. The van der Waals surface area contributed by atoms with Crippen LogP contribution in [0.2, 0.25) is 0 Å². The summed E-state index contributed by atoms with van der Waals surface area (Å²) in [7, 11) is 0. The molecule has 6 heteroatoms. The van der Waals surface area contributed by atoms with Gasteiger partial charge in [-0.3, -0.25) is 9.59 Å². The summed E-state index contributed by atoms with van der Waals surface area (Å²) in [6.45, 7) is 1.54. The van der Waals surface area contributed by atoms with Gasteiger partial charge in [-0.25, -0.2) is 5.10 Å². The second-order valence-electron chi connectivity index (χ2n) is 5.37. The van der Waals surface area contributed by atoms with E-state index in [9.17, 15) is 9.59 Å². The lowest BCUT2D eigenvalue weighted by atomic mass is 9.97. The van der Waals surface area contributed by atoms with E-state index >= 15 is 0 Å². The molecule has 1 atom stereocenters. The van der Waals surface area contributed by atoms with E-state index in [2.05, 4.69) is 20.4 Å². The van der Waals surface area contributed by atoms with Crippen LogP contribution in [0.4, 0.5) is 5.69 Å². The van der Waals surface area contributed by atoms with E-state index in [1.54, 1.807) is 6.20 Å². The molecule has 1 saturated carbocycles. The molecule has 1 aromatic rings. The maximum Gasteiger partial charge on any atom is 0.266 e. The maximum atomic E-state index is 12.1. The van der Waals surface area contributed by atoms with Gasteiger partial charge >= 0.3 is 0 Å². The number of hydrogen-bond acceptors (Lipinski definition) is 4. The third kappa shape index (κ3) is 2.94. The Morgan fingerprint density at radius 3 is 3.00 bits per heavy atom. The second-order valence-corrected chi connectivity index (χ2v) is 5.37. The van der Waals surface area contributed by atoms with E-state index in [1.807, 2.05) is 0 Å². The molecule has 1 aromatic heterocycles. The Kier molecular flexibility index (Phi) is 3.23. The fourth-order valence-electron chi connectivity index (χ4n) is 2.51. The Morgan fingerprint density at radius 2 is 2.26 bits per heavy atom.